The second-order valence-electron chi connectivity index (χ2n) is 6.06. The summed E-state index contributed by atoms with van der Waals surface area (Å²) in [6.07, 6.45) is 0.836. The van der Waals surface area contributed by atoms with Gasteiger partial charge in [-0.2, -0.15) is 0 Å². The molecule has 0 fully saturated rings. The lowest BCUT2D eigenvalue weighted by Gasteiger charge is -2.26. The van der Waals surface area contributed by atoms with Gasteiger partial charge in [-0.15, -0.1) is 0 Å². The second-order valence-corrected chi connectivity index (χ2v) is 6.06. The molecule has 24 heavy (non-hydrogen) atoms. The zero-order valence-electron chi connectivity index (χ0n) is 15.2. The van der Waals surface area contributed by atoms with Crippen LogP contribution >= 0.6 is 0 Å². The number of esters is 1. The molecular weight excluding hydrogens is 308 g/mol. The van der Waals surface area contributed by atoms with Gasteiger partial charge >= 0.3 is 5.97 Å². The maximum Gasteiger partial charge on any atom is 0.310 e. The Balaban J connectivity index is 2.84. The number of nitrogens with zero attached hydrogens (tertiary/aromatic N) is 2. The van der Waals surface area contributed by atoms with Crippen molar-refractivity contribution in [1.82, 2.24) is 9.80 Å². The monoisotopic (exact) mass is 336 g/mol. The molecule has 1 aromatic carbocycles. The number of hydrogen-bond acceptors (Lipinski definition) is 5. The highest BCUT2D eigenvalue weighted by atomic mass is 16.5. The average molecular weight is 336 g/mol. The summed E-state index contributed by atoms with van der Waals surface area (Å²) >= 11 is 0. The van der Waals surface area contributed by atoms with E-state index in [2.05, 4.69) is 4.90 Å². The Bertz CT molecular complexity index is 528. The van der Waals surface area contributed by atoms with Crippen molar-refractivity contribution in [3.05, 3.63) is 29.8 Å². The minimum Gasteiger partial charge on any atom is -0.497 e. The van der Waals surface area contributed by atoms with Gasteiger partial charge in [0.05, 0.1) is 20.1 Å². The molecule has 0 saturated carbocycles. The topological polar surface area (TPSA) is 59.1 Å². The number of carbonyl (C=O) groups is 2. The van der Waals surface area contributed by atoms with Gasteiger partial charge in [0.1, 0.15) is 5.75 Å². The first-order valence-corrected chi connectivity index (χ1v) is 8.05. The number of amides is 1. The second kappa shape index (κ2) is 9.93. The maximum atomic E-state index is 12.8. The molecule has 1 amide bonds. The molecule has 1 aromatic rings. The fourth-order valence-electron chi connectivity index (χ4n) is 2.38. The average Bonchev–Trinajstić information content (AvgIpc) is 2.59. The number of rotatable bonds is 9. The van der Waals surface area contributed by atoms with Crippen molar-refractivity contribution in [3.63, 3.8) is 0 Å². The summed E-state index contributed by atoms with van der Waals surface area (Å²) < 4.78 is 9.89. The van der Waals surface area contributed by atoms with Crippen molar-refractivity contribution in [2.45, 2.75) is 13.3 Å². The Hall–Kier alpha value is -2.08. The molecule has 0 aliphatic rings. The van der Waals surface area contributed by atoms with Crippen molar-refractivity contribution in [3.8, 4) is 5.75 Å². The first-order chi connectivity index (χ1) is 11.4. The van der Waals surface area contributed by atoms with E-state index in [-0.39, 0.29) is 17.8 Å². The van der Waals surface area contributed by atoms with Crippen LogP contribution in [0.15, 0.2) is 24.3 Å². The molecule has 134 valence electrons. The standard InChI is InChI=1S/C18H28N2O4/c1-14(18(22)24-5)13-20(12-6-11-19(2)3)17(21)15-7-9-16(23-4)10-8-15/h7-10,14H,6,11-13H2,1-5H3. The van der Waals surface area contributed by atoms with Crippen LogP contribution in [-0.4, -0.2) is 69.6 Å². The van der Waals surface area contributed by atoms with E-state index < -0.39 is 0 Å². The molecule has 0 aliphatic heterocycles. The van der Waals surface area contributed by atoms with Crippen LogP contribution in [-0.2, 0) is 9.53 Å². The van der Waals surface area contributed by atoms with Crippen molar-refractivity contribution < 1.29 is 19.1 Å². The summed E-state index contributed by atoms with van der Waals surface area (Å²) in [5.41, 5.74) is 0.581. The van der Waals surface area contributed by atoms with Gasteiger partial charge in [-0.25, -0.2) is 0 Å². The Morgan fingerprint density at radius 2 is 1.71 bits per heavy atom. The summed E-state index contributed by atoms with van der Waals surface area (Å²) in [4.78, 5) is 28.3. The molecule has 0 saturated heterocycles. The molecular formula is C18H28N2O4. The fraction of sp³-hybridized carbons (Fsp3) is 0.556. The highest BCUT2D eigenvalue weighted by molar-refractivity contribution is 5.94. The van der Waals surface area contributed by atoms with E-state index in [0.717, 1.165) is 13.0 Å². The van der Waals surface area contributed by atoms with Crippen molar-refractivity contribution in [2.75, 3.05) is 47.9 Å². The van der Waals surface area contributed by atoms with Gasteiger partial charge in [0.25, 0.3) is 5.91 Å². The predicted octanol–water partition coefficient (Wildman–Crippen LogP) is 1.90. The van der Waals surface area contributed by atoms with Gasteiger partial charge < -0.3 is 19.3 Å². The number of ether oxygens (including phenoxy) is 2. The van der Waals surface area contributed by atoms with Crippen LogP contribution in [0.2, 0.25) is 0 Å². The Morgan fingerprint density at radius 3 is 2.21 bits per heavy atom. The van der Waals surface area contributed by atoms with Gasteiger partial charge in [0.15, 0.2) is 0 Å². The zero-order valence-corrected chi connectivity index (χ0v) is 15.2. The van der Waals surface area contributed by atoms with Crippen LogP contribution in [0.5, 0.6) is 5.75 Å². The van der Waals surface area contributed by atoms with Crippen LogP contribution in [0.1, 0.15) is 23.7 Å². The van der Waals surface area contributed by atoms with Crippen LogP contribution in [0.3, 0.4) is 0 Å². The van der Waals surface area contributed by atoms with Crippen LogP contribution in [0, 0.1) is 5.92 Å². The van der Waals surface area contributed by atoms with Gasteiger partial charge in [0, 0.05) is 18.7 Å². The van der Waals surface area contributed by atoms with E-state index in [1.807, 2.05) is 14.1 Å². The smallest absolute Gasteiger partial charge is 0.310 e. The molecule has 6 heteroatoms. The van der Waals surface area contributed by atoms with E-state index in [1.54, 1.807) is 43.2 Å². The number of carbonyl (C=O) groups excluding carboxylic acids is 2. The third kappa shape index (κ3) is 6.20. The van der Waals surface area contributed by atoms with Gasteiger partial charge in [0.2, 0.25) is 0 Å². The molecule has 0 radical (unpaired) electrons. The lowest BCUT2D eigenvalue weighted by Crippen LogP contribution is -2.38. The summed E-state index contributed by atoms with van der Waals surface area (Å²) in [5.74, 6) is -0.0625. The Labute approximate surface area is 144 Å². The van der Waals surface area contributed by atoms with E-state index in [9.17, 15) is 9.59 Å². The normalized spacial score (nSPS) is 11.9. The molecule has 1 atom stereocenters. The number of benzene rings is 1. The molecule has 6 nitrogen and oxygen atoms in total. The van der Waals surface area contributed by atoms with Crippen molar-refractivity contribution >= 4 is 11.9 Å². The van der Waals surface area contributed by atoms with E-state index in [4.69, 9.17) is 9.47 Å². The highest BCUT2D eigenvalue weighted by Gasteiger charge is 2.22. The minimum absolute atomic E-state index is 0.0906. The third-order valence-corrected chi connectivity index (χ3v) is 3.76. The molecule has 0 N–H and O–H groups in total. The summed E-state index contributed by atoms with van der Waals surface area (Å²) in [5, 5.41) is 0. The highest BCUT2D eigenvalue weighted by Crippen LogP contribution is 2.14. The summed E-state index contributed by atoms with van der Waals surface area (Å²) in [6, 6.07) is 7.00. The largest absolute Gasteiger partial charge is 0.497 e. The van der Waals surface area contributed by atoms with E-state index in [1.165, 1.54) is 7.11 Å². The molecule has 1 rings (SSSR count). The fourth-order valence-corrected chi connectivity index (χ4v) is 2.38. The predicted molar refractivity (Wildman–Crippen MR) is 93.2 cm³/mol. The molecule has 0 aliphatic carbocycles. The quantitative estimate of drug-likeness (QED) is 0.645. The van der Waals surface area contributed by atoms with Gasteiger partial charge in [-0.1, -0.05) is 6.92 Å². The van der Waals surface area contributed by atoms with E-state index >= 15 is 0 Å². The Morgan fingerprint density at radius 1 is 1.08 bits per heavy atom. The van der Waals surface area contributed by atoms with Crippen molar-refractivity contribution in [1.29, 1.82) is 0 Å². The minimum atomic E-state index is -0.364. The SMILES string of the molecule is COC(=O)C(C)CN(CCCN(C)C)C(=O)c1ccc(OC)cc1. The van der Waals surface area contributed by atoms with Crippen LogP contribution in [0.25, 0.3) is 0 Å². The summed E-state index contributed by atoms with van der Waals surface area (Å²) in [6.45, 7) is 3.57. The zero-order chi connectivity index (χ0) is 18.1. The first-order valence-electron chi connectivity index (χ1n) is 8.05. The number of hydrogen-bond donors (Lipinski definition) is 0. The number of methoxy groups -OCH3 is 2. The van der Waals surface area contributed by atoms with Crippen LogP contribution in [0.4, 0.5) is 0 Å². The maximum absolute atomic E-state index is 12.8. The molecule has 0 aromatic heterocycles. The van der Waals surface area contributed by atoms with Crippen LogP contribution < -0.4 is 4.74 Å². The molecule has 0 bridgehead atoms. The molecule has 1 unspecified atom stereocenters. The molecule has 0 spiro atoms. The lowest BCUT2D eigenvalue weighted by molar-refractivity contribution is -0.145. The van der Waals surface area contributed by atoms with Gasteiger partial charge in [-0.05, 0) is 51.3 Å². The van der Waals surface area contributed by atoms with E-state index in [0.29, 0.717) is 24.4 Å². The first kappa shape index (κ1) is 20.0. The third-order valence-electron chi connectivity index (χ3n) is 3.76. The van der Waals surface area contributed by atoms with Gasteiger partial charge in [-0.3, -0.25) is 9.59 Å². The lowest BCUT2D eigenvalue weighted by atomic mass is 10.1. The Kier molecular flexibility index (Phi) is 8.26. The summed E-state index contributed by atoms with van der Waals surface area (Å²) in [7, 11) is 6.93. The van der Waals surface area contributed by atoms with Crippen molar-refractivity contribution in [2.24, 2.45) is 5.92 Å². The molecule has 0 heterocycles.